The maximum absolute atomic E-state index is 10.8. The molecule has 80 valence electrons. The molecule has 2 rings (SSSR count). The van der Waals surface area contributed by atoms with E-state index in [2.05, 4.69) is 4.98 Å². The largest absolute Gasteiger partial charge is 0.298 e. The molecule has 0 saturated carbocycles. The molecule has 0 aliphatic carbocycles. The van der Waals surface area contributed by atoms with Gasteiger partial charge in [-0.05, 0) is 42.8 Å². The summed E-state index contributed by atoms with van der Waals surface area (Å²) in [5.41, 5.74) is 3.44. The lowest BCUT2D eigenvalue weighted by molar-refractivity contribution is 0.112. The second-order valence-corrected chi connectivity index (χ2v) is 4.05. The Balaban J connectivity index is 2.51. The molecule has 1 aromatic carbocycles. The highest BCUT2D eigenvalue weighted by Gasteiger charge is 2.02. The number of aryl methyl sites for hydroxylation is 1. The summed E-state index contributed by atoms with van der Waals surface area (Å²) in [5, 5.41) is 0.604. The fourth-order valence-electron chi connectivity index (χ4n) is 1.58. The van der Waals surface area contributed by atoms with Crippen LogP contribution in [0.4, 0.5) is 0 Å². The Morgan fingerprint density at radius 3 is 2.69 bits per heavy atom. The molecule has 0 unspecified atom stereocenters. The molecule has 1 aromatic heterocycles. The highest BCUT2D eigenvalue weighted by Crippen LogP contribution is 2.21. The quantitative estimate of drug-likeness (QED) is 0.741. The van der Waals surface area contributed by atoms with Gasteiger partial charge in [0.1, 0.15) is 6.29 Å². The normalized spacial score (nSPS) is 10.1. The number of halogens is 1. The van der Waals surface area contributed by atoms with Crippen LogP contribution in [0, 0.1) is 6.92 Å². The first-order chi connectivity index (χ1) is 7.69. The third-order valence-corrected chi connectivity index (χ3v) is 2.48. The number of rotatable bonds is 2. The summed E-state index contributed by atoms with van der Waals surface area (Å²) in [5.74, 6) is 0. The Kier molecular flexibility index (Phi) is 3.02. The van der Waals surface area contributed by atoms with Crippen LogP contribution in [-0.4, -0.2) is 11.3 Å². The zero-order chi connectivity index (χ0) is 11.5. The molecule has 2 nitrogen and oxygen atoms in total. The van der Waals surface area contributed by atoms with E-state index in [-0.39, 0.29) is 0 Å². The topological polar surface area (TPSA) is 30.0 Å². The first-order valence-electron chi connectivity index (χ1n) is 4.88. The van der Waals surface area contributed by atoms with Gasteiger partial charge in [-0.3, -0.25) is 9.78 Å². The second-order valence-electron chi connectivity index (χ2n) is 3.61. The minimum Gasteiger partial charge on any atom is -0.298 e. The Bertz CT molecular complexity index is 520. The van der Waals surface area contributed by atoms with E-state index in [0.717, 1.165) is 23.1 Å². The van der Waals surface area contributed by atoms with Crippen LogP contribution in [0.25, 0.3) is 11.3 Å². The highest BCUT2D eigenvalue weighted by atomic mass is 35.5. The van der Waals surface area contributed by atoms with E-state index >= 15 is 0 Å². The third kappa shape index (κ3) is 2.28. The maximum atomic E-state index is 10.8. The van der Waals surface area contributed by atoms with Crippen molar-refractivity contribution in [1.82, 2.24) is 4.98 Å². The number of carbonyl (C=O) groups is 1. The van der Waals surface area contributed by atoms with Crippen molar-refractivity contribution in [1.29, 1.82) is 0 Å². The van der Waals surface area contributed by atoms with Crippen LogP contribution < -0.4 is 0 Å². The predicted molar refractivity (Wildman–Crippen MR) is 64.8 cm³/mol. The fraction of sp³-hybridized carbons (Fsp3) is 0.0769. The minimum atomic E-state index is 0.604. The van der Waals surface area contributed by atoms with Crippen molar-refractivity contribution < 1.29 is 4.79 Å². The number of nitrogens with zero attached hydrogens (tertiary/aromatic N) is 1. The van der Waals surface area contributed by atoms with E-state index < -0.39 is 0 Å². The van der Waals surface area contributed by atoms with Gasteiger partial charge in [-0.25, -0.2) is 0 Å². The number of carbonyl (C=O) groups excluding carboxylic acids is 1. The van der Waals surface area contributed by atoms with Gasteiger partial charge in [0.05, 0.1) is 10.7 Å². The smallest absolute Gasteiger partial charge is 0.150 e. The summed E-state index contributed by atoms with van der Waals surface area (Å²) >= 11 is 5.77. The van der Waals surface area contributed by atoms with Crippen molar-refractivity contribution in [2.24, 2.45) is 0 Å². The van der Waals surface area contributed by atoms with Crippen LogP contribution in [0.15, 0.2) is 36.5 Å². The van der Waals surface area contributed by atoms with Crippen LogP contribution in [0.5, 0.6) is 0 Å². The van der Waals surface area contributed by atoms with Crippen LogP contribution >= 0.6 is 11.6 Å². The summed E-state index contributed by atoms with van der Waals surface area (Å²) in [4.78, 5) is 15.0. The molecule has 2 aromatic rings. The highest BCUT2D eigenvalue weighted by molar-refractivity contribution is 6.30. The maximum Gasteiger partial charge on any atom is 0.150 e. The summed E-state index contributed by atoms with van der Waals surface area (Å²) in [6.07, 6.45) is 2.44. The Hall–Kier alpha value is -1.67. The minimum absolute atomic E-state index is 0.604. The molecule has 0 aliphatic heterocycles. The van der Waals surface area contributed by atoms with E-state index in [1.54, 1.807) is 12.3 Å². The Labute approximate surface area is 98.9 Å². The molecule has 3 heteroatoms. The van der Waals surface area contributed by atoms with Gasteiger partial charge in [0, 0.05) is 17.3 Å². The number of aldehydes is 1. The van der Waals surface area contributed by atoms with E-state index in [1.807, 2.05) is 31.2 Å². The molecule has 0 saturated heterocycles. The van der Waals surface area contributed by atoms with Gasteiger partial charge < -0.3 is 0 Å². The summed E-state index contributed by atoms with van der Waals surface area (Å²) in [7, 11) is 0. The van der Waals surface area contributed by atoms with Gasteiger partial charge in [0.15, 0.2) is 0 Å². The first-order valence-corrected chi connectivity index (χ1v) is 5.25. The zero-order valence-electron chi connectivity index (χ0n) is 8.77. The lowest BCUT2D eigenvalue weighted by Crippen LogP contribution is -1.88. The molecule has 0 atom stereocenters. The van der Waals surface area contributed by atoms with Gasteiger partial charge in [0.2, 0.25) is 0 Å². The molecular weight excluding hydrogens is 222 g/mol. The van der Waals surface area contributed by atoms with E-state index in [9.17, 15) is 4.79 Å². The van der Waals surface area contributed by atoms with Gasteiger partial charge in [0.25, 0.3) is 0 Å². The van der Waals surface area contributed by atoms with E-state index in [0.29, 0.717) is 10.6 Å². The van der Waals surface area contributed by atoms with Gasteiger partial charge >= 0.3 is 0 Å². The van der Waals surface area contributed by atoms with Crippen LogP contribution in [0.1, 0.15) is 15.9 Å². The number of hydrogen-bond acceptors (Lipinski definition) is 2. The van der Waals surface area contributed by atoms with Crippen molar-refractivity contribution in [2.45, 2.75) is 6.92 Å². The zero-order valence-corrected chi connectivity index (χ0v) is 9.53. The number of aromatic nitrogens is 1. The first kappa shape index (κ1) is 10.8. The van der Waals surface area contributed by atoms with Crippen molar-refractivity contribution >= 4 is 17.9 Å². The number of hydrogen-bond donors (Lipinski definition) is 0. The molecular formula is C13H10ClNO. The molecule has 0 amide bonds. The van der Waals surface area contributed by atoms with Gasteiger partial charge in [-0.1, -0.05) is 11.6 Å². The third-order valence-electron chi connectivity index (χ3n) is 2.26. The van der Waals surface area contributed by atoms with E-state index in [4.69, 9.17) is 11.6 Å². The van der Waals surface area contributed by atoms with E-state index in [1.165, 1.54) is 0 Å². The van der Waals surface area contributed by atoms with Crippen molar-refractivity contribution in [3.05, 3.63) is 52.7 Å². The van der Waals surface area contributed by atoms with Crippen molar-refractivity contribution in [3.8, 4) is 11.3 Å². The summed E-state index contributed by atoms with van der Waals surface area (Å²) in [6.45, 7) is 1.95. The van der Waals surface area contributed by atoms with Crippen LogP contribution in [0.3, 0.4) is 0 Å². The van der Waals surface area contributed by atoms with Gasteiger partial charge in [-0.2, -0.15) is 0 Å². The molecule has 0 bridgehead atoms. The van der Waals surface area contributed by atoms with Crippen molar-refractivity contribution in [3.63, 3.8) is 0 Å². The number of benzene rings is 1. The summed E-state index contributed by atoms with van der Waals surface area (Å²) in [6, 6.07) is 9.27. The monoisotopic (exact) mass is 231 g/mol. The van der Waals surface area contributed by atoms with Crippen LogP contribution in [0.2, 0.25) is 5.02 Å². The molecule has 16 heavy (non-hydrogen) atoms. The lowest BCUT2D eigenvalue weighted by atomic mass is 10.0. The number of pyridine rings is 1. The second kappa shape index (κ2) is 4.45. The molecule has 0 aliphatic rings. The molecule has 0 radical (unpaired) electrons. The average molecular weight is 232 g/mol. The SMILES string of the molecule is Cc1cc(C=O)cc(-c2ccc(Cl)cn2)c1. The molecule has 0 fully saturated rings. The Morgan fingerprint density at radius 1 is 1.25 bits per heavy atom. The van der Waals surface area contributed by atoms with Gasteiger partial charge in [-0.15, -0.1) is 0 Å². The average Bonchev–Trinajstić information content (AvgIpc) is 2.29. The predicted octanol–water partition coefficient (Wildman–Crippen LogP) is 3.52. The molecule has 1 heterocycles. The van der Waals surface area contributed by atoms with Crippen LogP contribution in [-0.2, 0) is 0 Å². The standard InChI is InChI=1S/C13H10ClNO/c1-9-4-10(8-16)6-11(5-9)13-3-2-12(14)7-15-13/h2-8H,1H3. The fourth-order valence-corrected chi connectivity index (χ4v) is 1.69. The molecule has 0 N–H and O–H groups in total. The Morgan fingerprint density at radius 2 is 2.06 bits per heavy atom. The molecule has 0 spiro atoms. The lowest BCUT2D eigenvalue weighted by Gasteiger charge is -2.03. The van der Waals surface area contributed by atoms with Crippen molar-refractivity contribution in [2.75, 3.05) is 0 Å². The summed E-state index contributed by atoms with van der Waals surface area (Å²) < 4.78 is 0.